The Labute approximate surface area is 168 Å². The summed E-state index contributed by atoms with van der Waals surface area (Å²) in [5.74, 6) is -0.361. The number of fused-ring (bicyclic) bond motifs is 1. The van der Waals surface area contributed by atoms with E-state index in [1.807, 2.05) is 6.92 Å². The van der Waals surface area contributed by atoms with Gasteiger partial charge in [-0.15, -0.1) is 5.10 Å². The molecule has 0 bridgehead atoms. The van der Waals surface area contributed by atoms with Crippen LogP contribution < -0.4 is 5.32 Å². The number of nitrogens with zero attached hydrogens (tertiary/aromatic N) is 5. The molecule has 2 aliphatic rings. The Kier molecular flexibility index (Phi) is 5.81. The van der Waals surface area contributed by atoms with E-state index in [0.717, 1.165) is 44.1 Å². The number of hydrogen-bond donors (Lipinski definition) is 2. The van der Waals surface area contributed by atoms with Crippen LogP contribution in [0.5, 0.6) is 0 Å². The van der Waals surface area contributed by atoms with E-state index in [0.29, 0.717) is 30.9 Å². The van der Waals surface area contributed by atoms with Crippen LogP contribution >= 0.6 is 0 Å². The molecule has 2 aromatic rings. The van der Waals surface area contributed by atoms with E-state index in [-0.39, 0.29) is 17.9 Å². The molecule has 1 unspecified atom stereocenters. The molecule has 2 aliphatic heterocycles. The van der Waals surface area contributed by atoms with Crippen molar-refractivity contribution in [3.8, 4) is 0 Å². The van der Waals surface area contributed by atoms with Crippen LogP contribution in [-0.2, 0) is 17.7 Å². The van der Waals surface area contributed by atoms with Crippen molar-refractivity contribution in [1.29, 1.82) is 0 Å². The van der Waals surface area contributed by atoms with Crippen LogP contribution in [0.15, 0.2) is 18.3 Å². The quantitative estimate of drug-likeness (QED) is 0.718. The maximum atomic E-state index is 12.7. The van der Waals surface area contributed by atoms with Gasteiger partial charge in [0.25, 0.3) is 11.8 Å². The van der Waals surface area contributed by atoms with Gasteiger partial charge in [-0.05, 0) is 25.5 Å². The van der Waals surface area contributed by atoms with Gasteiger partial charge in [0.1, 0.15) is 0 Å². The fourth-order valence-corrected chi connectivity index (χ4v) is 3.77. The van der Waals surface area contributed by atoms with E-state index in [2.05, 4.69) is 30.6 Å². The molecule has 29 heavy (non-hydrogen) atoms. The molecule has 1 saturated heterocycles. The molecule has 10 heteroatoms. The average Bonchev–Trinajstić information content (AvgIpc) is 3.18. The largest absolute Gasteiger partial charge is 0.379 e. The molecule has 2 amide bonds. The molecule has 0 aliphatic carbocycles. The second kappa shape index (κ2) is 8.66. The van der Waals surface area contributed by atoms with Crippen LogP contribution in [0.25, 0.3) is 0 Å². The Morgan fingerprint density at radius 2 is 2.14 bits per heavy atom. The zero-order valence-electron chi connectivity index (χ0n) is 16.4. The third-order valence-corrected chi connectivity index (χ3v) is 5.24. The monoisotopic (exact) mass is 399 g/mol. The summed E-state index contributed by atoms with van der Waals surface area (Å²) in [6.07, 6.45) is 2.10. The maximum Gasteiger partial charge on any atom is 0.274 e. The molecular formula is C19H25N7O3. The van der Waals surface area contributed by atoms with Crippen LogP contribution in [0, 0.1) is 0 Å². The molecule has 4 heterocycles. The number of amides is 2. The van der Waals surface area contributed by atoms with Crippen LogP contribution in [0.3, 0.4) is 0 Å². The lowest BCUT2D eigenvalue weighted by Gasteiger charge is -2.29. The Morgan fingerprint density at radius 1 is 1.31 bits per heavy atom. The van der Waals surface area contributed by atoms with Crippen molar-refractivity contribution in [1.82, 2.24) is 35.5 Å². The van der Waals surface area contributed by atoms with Crippen LogP contribution in [0.2, 0.25) is 0 Å². The van der Waals surface area contributed by atoms with Crippen molar-refractivity contribution in [3.05, 3.63) is 41.0 Å². The highest BCUT2D eigenvalue weighted by molar-refractivity contribution is 5.95. The number of morpholine rings is 1. The molecule has 0 aromatic carbocycles. The zero-order valence-corrected chi connectivity index (χ0v) is 16.4. The highest BCUT2D eigenvalue weighted by atomic mass is 16.5. The van der Waals surface area contributed by atoms with E-state index in [9.17, 15) is 9.59 Å². The first-order valence-electron chi connectivity index (χ1n) is 9.86. The van der Waals surface area contributed by atoms with Gasteiger partial charge in [0.15, 0.2) is 11.4 Å². The summed E-state index contributed by atoms with van der Waals surface area (Å²) in [6, 6.07) is 3.34. The zero-order chi connectivity index (χ0) is 20.2. The first kappa shape index (κ1) is 19.5. The molecule has 2 aromatic heterocycles. The third kappa shape index (κ3) is 4.43. The van der Waals surface area contributed by atoms with E-state index in [4.69, 9.17) is 4.74 Å². The van der Waals surface area contributed by atoms with Gasteiger partial charge in [-0.3, -0.25) is 19.6 Å². The van der Waals surface area contributed by atoms with Gasteiger partial charge >= 0.3 is 0 Å². The van der Waals surface area contributed by atoms with Crippen molar-refractivity contribution >= 4 is 11.8 Å². The fraction of sp³-hybridized carbons (Fsp3) is 0.526. The van der Waals surface area contributed by atoms with Gasteiger partial charge in [-0.25, -0.2) is 0 Å². The standard InChI is InChI=1S/C19H25N7O3/c1-13(11-25-7-9-29-10-8-25)21-18(27)17-14-4-6-26(12-16(14)23-24-17)19(28)15-3-2-5-20-22-15/h2-3,5,13H,4,6-12H2,1H3,(H,21,27)(H,23,24). The second-order valence-electron chi connectivity index (χ2n) is 7.40. The summed E-state index contributed by atoms with van der Waals surface area (Å²) in [5.41, 5.74) is 2.40. The first-order chi connectivity index (χ1) is 14.1. The van der Waals surface area contributed by atoms with Crippen molar-refractivity contribution < 1.29 is 14.3 Å². The minimum atomic E-state index is -0.183. The van der Waals surface area contributed by atoms with Crippen LogP contribution in [-0.4, -0.2) is 87.4 Å². The van der Waals surface area contributed by atoms with Crippen LogP contribution in [0.4, 0.5) is 0 Å². The number of aromatic amines is 1. The van der Waals surface area contributed by atoms with Crippen molar-refractivity contribution in [2.45, 2.75) is 25.9 Å². The molecule has 154 valence electrons. The highest BCUT2D eigenvalue weighted by Gasteiger charge is 2.29. The van der Waals surface area contributed by atoms with E-state index >= 15 is 0 Å². The summed E-state index contributed by atoms with van der Waals surface area (Å²) in [6.45, 7) is 6.88. The molecule has 0 spiro atoms. The Morgan fingerprint density at radius 3 is 2.90 bits per heavy atom. The smallest absolute Gasteiger partial charge is 0.274 e. The first-order valence-corrected chi connectivity index (χ1v) is 9.86. The Bertz CT molecular complexity index is 864. The Hall–Kier alpha value is -2.85. The predicted molar refractivity (Wildman–Crippen MR) is 103 cm³/mol. The summed E-state index contributed by atoms with van der Waals surface area (Å²) in [4.78, 5) is 29.3. The molecule has 2 N–H and O–H groups in total. The van der Waals surface area contributed by atoms with Gasteiger partial charge in [0.2, 0.25) is 0 Å². The van der Waals surface area contributed by atoms with E-state index < -0.39 is 0 Å². The highest BCUT2D eigenvalue weighted by Crippen LogP contribution is 2.21. The van der Waals surface area contributed by atoms with E-state index in [1.54, 1.807) is 17.0 Å². The van der Waals surface area contributed by atoms with Crippen molar-refractivity contribution in [3.63, 3.8) is 0 Å². The van der Waals surface area contributed by atoms with Gasteiger partial charge < -0.3 is 15.0 Å². The number of nitrogens with one attached hydrogen (secondary N) is 2. The SMILES string of the molecule is CC(CN1CCOCC1)NC(=O)c1n[nH]c2c1CCN(C(=O)c1cccnn1)C2. The minimum Gasteiger partial charge on any atom is -0.379 e. The molecule has 10 nitrogen and oxygen atoms in total. The lowest BCUT2D eigenvalue weighted by Crippen LogP contribution is -2.46. The van der Waals surface area contributed by atoms with Gasteiger partial charge in [-0.2, -0.15) is 10.2 Å². The molecule has 1 atom stereocenters. The summed E-state index contributed by atoms with van der Waals surface area (Å²) >= 11 is 0. The number of rotatable bonds is 5. The summed E-state index contributed by atoms with van der Waals surface area (Å²) < 4.78 is 5.36. The number of ether oxygens (including phenoxy) is 1. The molecular weight excluding hydrogens is 374 g/mol. The molecule has 0 saturated carbocycles. The average molecular weight is 399 g/mol. The normalized spacial score (nSPS) is 18.2. The minimum absolute atomic E-state index is 0.00581. The van der Waals surface area contributed by atoms with Crippen LogP contribution in [0.1, 0.15) is 39.2 Å². The van der Waals surface area contributed by atoms with Gasteiger partial charge in [0.05, 0.1) is 25.5 Å². The maximum absolute atomic E-state index is 12.7. The van der Waals surface area contributed by atoms with Crippen molar-refractivity contribution in [2.75, 3.05) is 39.4 Å². The number of carbonyl (C=O) groups excluding carboxylic acids is 2. The lowest BCUT2D eigenvalue weighted by atomic mass is 10.0. The van der Waals surface area contributed by atoms with Gasteiger partial charge in [0, 0.05) is 44.0 Å². The number of aromatic nitrogens is 4. The molecule has 4 rings (SSSR count). The third-order valence-electron chi connectivity index (χ3n) is 5.24. The molecule has 1 fully saturated rings. The summed E-state index contributed by atoms with van der Waals surface area (Å²) in [7, 11) is 0. The lowest BCUT2D eigenvalue weighted by molar-refractivity contribution is 0.0342. The Balaban J connectivity index is 1.37. The van der Waals surface area contributed by atoms with Crippen molar-refractivity contribution in [2.24, 2.45) is 0 Å². The number of carbonyl (C=O) groups is 2. The summed E-state index contributed by atoms with van der Waals surface area (Å²) in [5, 5.41) is 17.8. The molecule has 0 radical (unpaired) electrons. The topological polar surface area (TPSA) is 116 Å². The second-order valence-corrected chi connectivity index (χ2v) is 7.40. The fourth-order valence-electron chi connectivity index (χ4n) is 3.77. The van der Waals surface area contributed by atoms with Gasteiger partial charge in [-0.1, -0.05) is 0 Å². The predicted octanol–water partition coefficient (Wildman–Crippen LogP) is -0.151. The number of H-pyrrole nitrogens is 1. The number of hydrogen-bond acceptors (Lipinski definition) is 7. The van der Waals surface area contributed by atoms with E-state index in [1.165, 1.54) is 6.20 Å².